The highest BCUT2D eigenvalue weighted by atomic mass is 79.9. The first-order valence-electron chi connectivity index (χ1n) is 15.2. The molecule has 2 rings (SSSR count). The van der Waals surface area contributed by atoms with Crippen molar-refractivity contribution >= 4 is 29.8 Å². The maximum Gasteiger partial charge on any atom is 0.474 e. The highest BCUT2D eigenvalue weighted by molar-refractivity contribution is 9.09. The van der Waals surface area contributed by atoms with E-state index in [1.807, 2.05) is 6.08 Å². The summed E-state index contributed by atoms with van der Waals surface area (Å²) in [6, 6.07) is 4.73. The first-order valence-corrected chi connectivity index (χ1v) is 17.8. The second-order valence-corrected chi connectivity index (χ2v) is 14.2. The Morgan fingerprint density at radius 3 is 2.17 bits per heavy atom. The lowest BCUT2D eigenvalue weighted by Crippen LogP contribution is -2.47. The van der Waals surface area contributed by atoms with Gasteiger partial charge in [0.05, 0.1) is 32.0 Å². The maximum absolute atomic E-state index is 13.1. The number of alkyl halides is 4. The molecular formula is C30H46BrF3N3O8P. The van der Waals surface area contributed by atoms with Crippen LogP contribution in [-0.4, -0.2) is 67.4 Å². The fraction of sp³-hybridized carbons (Fsp3) is 0.700. The molecule has 262 valence electrons. The van der Waals surface area contributed by atoms with Crippen molar-refractivity contribution in [1.82, 2.24) is 5.32 Å². The molecule has 1 aliphatic rings. The quantitative estimate of drug-likeness (QED) is 0.0523. The third-order valence-electron chi connectivity index (χ3n) is 6.65. The molecule has 0 spiro atoms. The summed E-state index contributed by atoms with van der Waals surface area (Å²) < 4.78 is 78.1. The number of rotatable bonds is 22. The number of carbonyl (C=O) groups is 1. The van der Waals surface area contributed by atoms with Crippen molar-refractivity contribution in [2.75, 3.05) is 32.3 Å². The third-order valence-corrected chi connectivity index (χ3v) is 8.38. The van der Waals surface area contributed by atoms with Gasteiger partial charge < -0.3 is 19.9 Å². The zero-order valence-corrected chi connectivity index (χ0v) is 29.2. The van der Waals surface area contributed by atoms with E-state index in [9.17, 15) is 27.6 Å². The average molecular weight is 745 g/mol. The molecule has 1 aromatic rings. The van der Waals surface area contributed by atoms with Crippen LogP contribution in [0.3, 0.4) is 0 Å². The van der Waals surface area contributed by atoms with Crippen molar-refractivity contribution in [2.24, 2.45) is 10.2 Å². The second-order valence-electron chi connectivity index (χ2n) is 11.6. The first kappa shape index (κ1) is 40.1. The van der Waals surface area contributed by atoms with Crippen molar-refractivity contribution in [3.05, 3.63) is 42.0 Å². The Hall–Kier alpha value is -2.03. The fourth-order valence-corrected chi connectivity index (χ4v) is 5.53. The van der Waals surface area contributed by atoms with E-state index in [1.54, 1.807) is 26.8 Å². The number of alkyl carbamates (subject to hydrolysis) is 1. The van der Waals surface area contributed by atoms with Crippen LogP contribution < -0.4 is 10.1 Å². The largest absolute Gasteiger partial charge is 0.494 e. The van der Waals surface area contributed by atoms with E-state index in [1.165, 1.54) is 31.4 Å². The van der Waals surface area contributed by atoms with Gasteiger partial charge in [0.1, 0.15) is 11.4 Å². The van der Waals surface area contributed by atoms with Crippen molar-refractivity contribution in [3.63, 3.8) is 0 Å². The van der Waals surface area contributed by atoms with Crippen molar-refractivity contribution in [1.29, 1.82) is 0 Å². The zero-order chi connectivity index (χ0) is 34.3. The molecule has 16 heteroatoms. The van der Waals surface area contributed by atoms with Crippen LogP contribution in [0, 0.1) is 0 Å². The number of nitrogens with one attached hydrogen (secondary N) is 1. The lowest BCUT2D eigenvalue weighted by atomic mass is 10.0. The van der Waals surface area contributed by atoms with Crippen LogP contribution in [0.4, 0.5) is 18.0 Å². The molecule has 1 aromatic carbocycles. The normalized spacial score (nSPS) is 17.0. The molecule has 0 aromatic heterocycles. The number of amides is 1. The van der Waals surface area contributed by atoms with Crippen molar-refractivity contribution < 1.29 is 50.7 Å². The molecule has 3 atom stereocenters. The number of aliphatic hydroxyl groups excluding tert-OH is 1. The van der Waals surface area contributed by atoms with Gasteiger partial charge in [0, 0.05) is 18.0 Å². The fourth-order valence-electron chi connectivity index (χ4n) is 4.18. The summed E-state index contributed by atoms with van der Waals surface area (Å²) in [4.78, 5) is 12.3. The molecule has 46 heavy (non-hydrogen) atoms. The molecule has 0 saturated carbocycles. The van der Waals surface area contributed by atoms with E-state index in [0.717, 1.165) is 51.4 Å². The number of allylic oxidation sites excluding steroid dienone is 1. The number of halogens is 4. The number of aliphatic hydroxyl groups is 1. The maximum atomic E-state index is 13.1. The Bertz CT molecular complexity index is 1160. The molecule has 0 fully saturated rings. The lowest BCUT2D eigenvalue weighted by molar-refractivity contribution is -0.166. The minimum atomic E-state index is -4.54. The zero-order valence-electron chi connectivity index (χ0n) is 26.8. The molecule has 11 nitrogen and oxygen atoms in total. The van der Waals surface area contributed by atoms with Crippen molar-refractivity contribution in [3.8, 4) is 5.75 Å². The molecule has 1 amide bonds. The topological polar surface area (TPSA) is 137 Å². The molecule has 0 aliphatic carbocycles. The van der Waals surface area contributed by atoms with Crippen LogP contribution in [0.1, 0.15) is 77.7 Å². The Morgan fingerprint density at radius 1 is 1.02 bits per heavy atom. The Labute approximate surface area is 277 Å². The number of hydrogen-bond acceptors (Lipinski definition) is 10. The van der Waals surface area contributed by atoms with Gasteiger partial charge in [-0.3, -0.25) is 13.6 Å². The molecule has 0 radical (unpaired) electrons. The van der Waals surface area contributed by atoms with Gasteiger partial charge in [-0.2, -0.15) is 13.2 Å². The van der Waals surface area contributed by atoms with E-state index in [0.29, 0.717) is 17.7 Å². The minimum absolute atomic E-state index is 0.0181. The number of hydrogen-bond donors (Lipinski definition) is 2. The predicted octanol–water partition coefficient (Wildman–Crippen LogP) is 8.36. The van der Waals surface area contributed by atoms with Crippen LogP contribution >= 0.6 is 23.8 Å². The molecule has 0 saturated heterocycles. The summed E-state index contributed by atoms with van der Waals surface area (Å²) in [6.45, 7) is 5.35. The SMILES string of the molecule is COP(=O)(OCCBr)OC[C@H](NC(=O)OC(C)(C)C)[C@H](O)/C=C/CCCCCCCCCOc1ccc(C2(C(F)(F)F)N=N2)cc1. The van der Waals surface area contributed by atoms with Crippen LogP contribution in [0.5, 0.6) is 5.75 Å². The van der Waals surface area contributed by atoms with Crippen LogP contribution in [-0.2, 0) is 28.5 Å². The van der Waals surface area contributed by atoms with Gasteiger partial charge in [-0.15, -0.1) is 10.2 Å². The Morgan fingerprint density at radius 2 is 1.63 bits per heavy atom. The summed E-state index contributed by atoms with van der Waals surface area (Å²) in [7, 11) is -2.69. The van der Waals surface area contributed by atoms with E-state index in [-0.39, 0.29) is 18.8 Å². The molecule has 1 heterocycles. The lowest BCUT2D eigenvalue weighted by Gasteiger charge is -2.26. The molecule has 2 N–H and O–H groups in total. The monoisotopic (exact) mass is 743 g/mol. The van der Waals surface area contributed by atoms with E-state index < -0.39 is 43.5 Å². The van der Waals surface area contributed by atoms with Gasteiger partial charge in [-0.25, -0.2) is 9.36 Å². The van der Waals surface area contributed by atoms with Gasteiger partial charge in [-0.1, -0.05) is 72.3 Å². The summed E-state index contributed by atoms with van der Waals surface area (Å²) in [5.74, 6) is 0.508. The van der Waals surface area contributed by atoms with E-state index in [2.05, 4.69) is 31.5 Å². The van der Waals surface area contributed by atoms with E-state index >= 15 is 0 Å². The van der Waals surface area contributed by atoms with E-state index in [4.69, 9.17) is 23.0 Å². The van der Waals surface area contributed by atoms with Crippen molar-refractivity contribution in [2.45, 2.75) is 102 Å². The summed E-state index contributed by atoms with van der Waals surface area (Å²) >= 11 is 3.17. The second kappa shape index (κ2) is 19.1. The number of phosphoric ester groups is 1. The van der Waals surface area contributed by atoms with Gasteiger partial charge >= 0.3 is 25.8 Å². The highest BCUT2D eigenvalue weighted by Crippen LogP contribution is 2.52. The number of unbranched alkanes of at least 4 members (excludes halogenated alkanes) is 7. The Balaban J connectivity index is 1.63. The highest BCUT2D eigenvalue weighted by Gasteiger charge is 2.65. The standard InChI is InChI=1S/C30H46BrF3N3O8P/c1-28(2,3)45-27(39)35-25(22-44-46(40,41-4)43-21-19-31)26(38)14-12-10-8-6-5-7-9-11-13-20-42-24-17-15-23(16-18-24)29(36-37-29)30(32,33)34/h12,14-18,25-26,38H,5-11,13,19-22H2,1-4H3,(H,35,39)/b14-12+/t25-,26+,46?/m0/s1. The number of benzene rings is 1. The molecule has 1 unspecified atom stereocenters. The number of nitrogens with zero attached hydrogens (tertiary/aromatic N) is 2. The van der Waals surface area contributed by atoms with Gasteiger partial charge in [-0.05, 0) is 52.2 Å². The summed E-state index contributed by atoms with van der Waals surface area (Å²) in [5.41, 5.74) is -3.18. The summed E-state index contributed by atoms with van der Waals surface area (Å²) in [6.07, 6.45) is 4.54. The third kappa shape index (κ3) is 14.4. The van der Waals surface area contributed by atoms with Crippen LogP contribution in [0.15, 0.2) is 46.6 Å². The first-order chi connectivity index (χ1) is 21.6. The molecule has 1 aliphatic heterocycles. The summed E-state index contributed by atoms with van der Waals surface area (Å²) in [5, 5.41) is 20.1. The molecule has 0 bridgehead atoms. The van der Waals surface area contributed by atoms with Crippen LogP contribution in [0.2, 0.25) is 0 Å². The number of ether oxygens (including phenoxy) is 2. The number of phosphoric acid groups is 1. The molecular weight excluding hydrogens is 698 g/mol. The minimum Gasteiger partial charge on any atom is -0.494 e. The van der Waals surface area contributed by atoms with Gasteiger partial charge in [0.15, 0.2) is 0 Å². The van der Waals surface area contributed by atoms with Crippen LogP contribution in [0.25, 0.3) is 0 Å². The predicted molar refractivity (Wildman–Crippen MR) is 170 cm³/mol. The number of carbonyl (C=O) groups excluding carboxylic acids is 1. The smallest absolute Gasteiger partial charge is 0.474 e. The van der Waals surface area contributed by atoms with Gasteiger partial charge in [0.2, 0.25) is 0 Å². The van der Waals surface area contributed by atoms with Gasteiger partial charge in [0.25, 0.3) is 0 Å². The average Bonchev–Trinajstić information content (AvgIpc) is 3.81. The Kier molecular flexibility index (Phi) is 16.7.